The molecule has 0 heterocycles. The van der Waals surface area contributed by atoms with Gasteiger partial charge >= 0.3 is 0 Å². The van der Waals surface area contributed by atoms with Crippen molar-refractivity contribution in [2.75, 3.05) is 0 Å². The van der Waals surface area contributed by atoms with E-state index in [0.29, 0.717) is 25.2 Å². The standard InChI is InChI=1S/C8H9N3O2/c9-11-10-7(13)8-2-1-5(4-8)3-6(8)12/h5H,1-4H2. The fourth-order valence-electron chi connectivity index (χ4n) is 2.48. The lowest BCUT2D eigenvalue weighted by Crippen LogP contribution is -2.32. The van der Waals surface area contributed by atoms with Gasteiger partial charge in [-0.3, -0.25) is 9.59 Å². The molecule has 2 aliphatic rings. The highest BCUT2D eigenvalue weighted by Crippen LogP contribution is 2.52. The van der Waals surface area contributed by atoms with Gasteiger partial charge in [-0.25, -0.2) is 0 Å². The Hall–Kier alpha value is -1.35. The second-order valence-corrected chi connectivity index (χ2v) is 3.81. The third-order valence-corrected chi connectivity index (χ3v) is 3.17. The smallest absolute Gasteiger partial charge is 0.232 e. The SMILES string of the molecule is [N-]=[N+]=NC(=O)C12CCC(CC1=O)C2. The zero-order valence-electron chi connectivity index (χ0n) is 7.06. The van der Waals surface area contributed by atoms with Crippen LogP contribution in [-0.4, -0.2) is 11.7 Å². The summed E-state index contributed by atoms with van der Waals surface area (Å²) in [5.74, 6) is -0.244. The van der Waals surface area contributed by atoms with Gasteiger partial charge in [-0.05, 0) is 35.8 Å². The Morgan fingerprint density at radius 1 is 1.69 bits per heavy atom. The van der Waals surface area contributed by atoms with Gasteiger partial charge in [0, 0.05) is 11.3 Å². The maximum atomic E-state index is 11.5. The monoisotopic (exact) mass is 179 g/mol. The fraction of sp³-hybridized carbons (Fsp3) is 0.750. The Morgan fingerprint density at radius 2 is 2.46 bits per heavy atom. The summed E-state index contributed by atoms with van der Waals surface area (Å²) in [7, 11) is 0. The van der Waals surface area contributed by atoms with Crippen LogP contribution in [0.5, 0.6) is 0 Å². The van der Waals surface area contributed by atoms with Gasteiger partial charge in [0.1, 0.15) is 5.78 Å². The van der Waals surface area contributed by atoms with Gasteiger partial charge in [-0.1, -0.05) is 0 Å². The van der Waals surface area contributed by atoms with Crippen LogP contribution in [0.3, 0.4) is 0 Å². The number of hydrogen-bond acceptors (Lipinski definition) is 2. The van der Waals surface area contributed by atoms with Gasteiger partial charge in [0.05, 0.1) is 5.41 Å². The molecule has 1 amide bonds. The van der Waals surface area contributed by atoms with E-state index >= 15 is 0 Å². The molecule has 0 aromatic rings. The first-order chi connectivity index (χ1) is 6.19. The quantitative estimate of drug-likeness (QED) is 0.265. The molecule has 0 N–H and O–H groups in total. The number of Topliss-reactive ketones (excluding diaryl/α,β-unsaturated/α-hetero) is 1. The van der Waals surface area contributed by atoms with Gasteiger partial charge in [0.25, 0.3) is 0 Å². The zero-order chi connectivity index (χ0) is 9.47. The largest absolute Gasteiger partial charge is 0.299 e. The zero-order valence-corrected chi connectivity index (χ0v) is 7.06. The minimum atomic E-state index is -0.920. The number of azide groups is 1. The summed E-state index contributed by atoms with van der Waals surface area (Å²) in [5, 5.41) is 3.05. The number of fused-ring (bicyclic) bond motifs is 2. The van der Waals surface area contributed by atoms with Gasteiger partial charge < -0.3 is 0 Å². The van der Waals surface area contributed by atoms with E-state index in [9.17, 15) is 9.59 Å². The number of ketones is 1. The molecule has 2 unspecified atom stereocenters. The molecule has 2 rings (SSSR count). The molecule has 2 atom stereocenters. The van der Waals surface area contributed by atoms with Crippen molar-refractivity contribution in [3.63, 3.8) is 0 Å². The van der Waals surface area contributed by atoms with Crippen LogP contribution in [0.4, 0.5) is 0 Å². The van der Waals surface area contributed by atoms with E-state index in [1.54, 1.807) is 0 Å². The number of amides is 1. The highest BCUT2D eigenvalue weighted by Gasteiger charge is 2.55. The molecule has 0 aromatic carbocycles. The van der Waals surface area contributed by atoms with Crippen LogP contribution >= 0.6 is 0 Å². The first kappa shape index (κ1) is 8.26. The van der Waals surface area contributed by atoms with Crippen molar-refractivity contribution < 1.29 is 9.59 Å². The third-order valence-electron chi connectivity index (χ3n) is 3.17. The molecule has 5 nitrogen and oxygen atoms in total. The van der Waals surface area contributed by atoms with Gasteiger partial charge in [-0.15, -0.1) is 0 Å². The van der Waals surface area contributed by atoms with Crippen molar-refractivity contribution in [2.45, 2.75) is 25.7 Å². The first-order valence-corrected chi connectivity index (χ1v) is 4.32. The van der Waals surface area contributed by atoms with E-state index in [1.165, 1.54) is 0 Å². The van der Waals surface area contributed by atoms with Crippen LogP contribution in [0.2, 0.25) is 0 Å². The summed E-state index contributed by atoms with van der Waals surface area (Å²) in [6.45, 7) is 0. The Kier molecular flexibility index (Phi) is 1.63. The summed E-state index contributed by atoms with van der Waals surface area (Å²) >= 11 is 0. The first-order valence-electron chi connectivity index (χ1n) is 4.32. The molecule has 0 radical (unpaired) electrons. The fourth-order valence-corrected chi connectivity index (χ4v) is 2.48. The van der Waals surface area contributed by atoms with Crippen LogP contribution in [0.1, 0.15) is 25.7 Å². The van der Waals surface area contributed by atoms with Gasteiger partial charge in [-0.2, -0.15) is 0 Å². The molecule has 2 bridgehead atoms. The molecule has 0 saturated heterocycles. The molecule has 2 fully saturated rings. The second-order valence-electron chi connectivity index (χ2n) is 3.81. The minimum Gasteiger partial charge on any atom is -0.299 e. The maximum absolute atomic E-state index is 11.5. The highest BCUT2D eigenvalue weighted by atomic mass is 16.2. The van der Waals surface area contributed by atoms with Crippen molar-refractivity contribution in [3.05, 3.63) is 10.4 Å². The van der Waals surface area contributed by atoms with Crippen molar-refractivity contribution in [2.24, 2.45) is 16.4 Å². The topological polar surface area (TPSA) is 82.9 Å². The molecule has 68 valence electrons. The maximum Gasteiger partial charge on any atom is 0.232 e. The average molecular weight is 179 g/mol. The lowest BCUT2D eigenvalue weighted by Gasteiger charge is -2.19. The lowest BCUT2D eigenvalue weighted by atomic mass is 9.82. The van der Waals surface area contributed by atoms with E-state index < -0.39 is 11.3 Å². The molecule has 2 aliphatic carbocycles. The Labute approximate surface area is 74.7 Å². The van der Waals surface area contributed by atoms with Crippen LogP contribution in [0.25, 0.3) is 10.4 Å². The van der Waals surface area contributed by atoms with Crippen LogP contribution in [0.15, 0.2) is 5.11 Å². The summed E-state index contributed by atoms with van der Waals surface area (Å²) < 4.78 is 0. The number of nitrogens with zero attached hydrogens (tertiary/aromatic N) is 3. The van der Waals surface area contributed by atoms with Crippen LogP contribution < -0.4 is 0 Å². The predicted molar refractivity (Wildman–Crippen MR) is 43.6 cm³/mol. The summed E-state index contributed by atoms with van der Waals surface area (Å²) in [6.07, 6.45) is 2.59. The normalized spacial score (nSPS) is 36.0. The molecule has 0 spiro atoms. The van der Waals surface area contributed by atoms with Crippen LogP contribution in [-0.2, 0) is 9.59 Å². The van der Waals surface area contributed by atoms with E-state index in [2.05, 4.69) is 10.0 Å². The number of rotatable bonds is 1. The summed E-state index contributed by atoms with van der Waals surface area (Å²) in [4.78, 5) is 25.3. The molecular weight excluding hydrogens is 170 g/mol. The Bertz CT molecular complexity index is 332. The molecule has 0 aromatic heterocycles. The average Bonchev–Trinajstić information content (AvgIpc) is 2.62. The van der Waals surface area contributed by atoms with Crippen LogP contribution in [0, 0.1) is 11.3 Å². The lowest BCUT2D eigenvalue weighted by molar-refractivity contribution is -0.138. The molecule has 13 heavy (non-hydrogen) atoms. The van der Waals surface area contributed by atoms with E-state index in [4.69, 9.17) is 5.53 Å². The molecule has 5 heteroatoms. The Morgan fingerprint density at radius 3 is 2.92 bits per heavy atom. The van der Waals surface area contributed by atoms with Crippen molar-refractivity contribution in [1.82, 2.24) is 0 Å². The summed E-state index contributed by atoms with van der Waals surface area (Å²) in [5.41, 5.74) is 7.21. The minimum absolute atomic E-state index is 0.0267. The molecular formula is C8H9N3O2. The van der Waals surface area contributed by atoms with Crippen molar-refractivity contribution >= 4 is 11.7 Å². The van der Waals surface area contributed by atoms with Crippen molar-refractivity contribution in [3.8, 4) is 0 Å². The van der Waals surface area contributed by atoms with E-state index in [-0.39, 0.29) is 5.78 Å². The number of carbonyl (C=O) groups is 2. The third kappa shape index (κ3) is 0.971. The van der Waals surface area contributed by atoms with E-state index in [1.807, 2.05) is 0 Å². The van der Waals surface area contributed by atoms with Crippen molar-refractivity contribution in [1.29, 1.82) is 0 Å². The Balaban J connectivity index is 2.34. The number of carbonyl (C=O) groups excluding carboxylic acids is 2. The highest BCUT2D eigenvalue weighted by molar-refractivity contribution is 6.08. The molecule has 2 saturated carbocycles. The van der Waals surface area contributed by atoms with Gasteiger partial charge in [0.15, 0.2) is 0 Å². The number of hydrogen-bond donors (Lipinski definition) is 0. The predicted octanol–water partition coefficient (Wildman–Crippen LogP) is 1.58. The van der Waals surface area contributed by atoms with Gasteiger partial charge in [0.2, 0.25) is 5.91 Å². The second kappa shape index (κ2) is 2.57. The van der Waals surface area contributed by atoms with E-state index in [0.717, 1.165) is 6.42 Å². The summed E-state index contributed by atoms with van der Waals surface area (Å²) in [6, 6.07) is 0. The molecule has 0 aliphatic heterocycles.